The van der Waals surface area contributed by atoms with Crippen LogP contribution in [0.5, 0.6) is 0 Å². The zero-order valence-electron chi connectivity index (χ0n) is 9.18. The summed E-state index contributed by atoms with van der Waals surface area (Å²) in [6.07, 6.45) is 0. The van der Waals surface area contributed by atoms with Crippen molar-refractivity contribution >= 4 is 33.4 Å². The first-order valence-electron chi connectivity index (χ1n) is 5.04. The molecule has 16 heavy (non-hydrogen) atoms. The lowest BCUT2D eigenvalue weighted by Gasteiger charge is -2.11. The lowest BCUT2D eigenvalue weighted by atomic mass is 10.1. The van der Waals surface area contributed by atoms with Crippen molar-refractivity contribution < 1.29 is 0 Å². The van der Waals surface area contributed by atoms with E-state index in [0.717, 1.165) is 16.5 Å². The molecule has 1 aromatic carbocycles. The summed E-state index contributed by atoms with van der Waals surface area (Å²) in [5.74, 6) is 0. The maximum Gasteiger partial charge on any atom is 0.255 e. The molecule has 1 heterocycles. The van der Waals surface area contributed by atoms with Crippen LogP contribution >= 0.6 is 22.5 Å². The van der Waals surface area contributed by atoms with Gasteiger partial charge in [0.2, 0.25) is 0 Å². The SMILES string of the molecule is CC(SS)c1cc2ccccc2n(C)c1=O. The summed E-state index contributed by atoms with van der Waals surface area (Å²) >= 11 is 4.17. The van der Waals surface area contributed by atoms with E-state index in [-0.39, 0.29) is 10.8 Å². The highest BCUT2D eigenvalue weighted by Crippen LogP contribution is 2.29. The van der Waals surface area contributed by atoms with Gasteiger partial charge in [0.05, 0.1) is 5.52 Å². The summed E-state index contributed by atoms with van der Waals surface area (Å²) in [5.41, 5.74) is 1.83. The number of nitrogens with zero attached hydrogens (tertiary/aromatic N) is 1. The Labute approximate surface area is 103 Å². The highest BCUT2D eigenvalue weighted by Gasteiger charge is 2.12. The molecule has 84 valence electrons. The second-order valence-corrected chi connectivity index (χ2v) is 5.32. The van der Waals surface area contributed by atoms with Crippen LogP contribution in [0.3, 0.4) is 0 Å². The van der Waals surface area contributed by atoms with E-state index < -0.39 is 0 Å². The van der Waals surface area contributed by atoms with Crippen LogP contribution in [-0.2, 0) is 7.05 Å². The van der Waals surface area contributed by atoms with E-state index in [2.05, 4.69) is 11.7 Å². The second-order valence-electron chi connectivity index (χ2n) is 3.77. The minimum atomic E-state index is 0.0627. The Morgan fingerprint density at radius 1 is 1.38 bits per heavy atom. The van der Waals surface area contributed by atoms with Crippen molar-refractivity contribution in [1.29, 1.82) is 0 Å². The smallest absolute Gasteiger partial charge is 0.255 e. The summed E-state index contributed by atoms with van der Waals surface area (Å²) in [4.78, 5) is 12.1. The van der Waals surface area contributed by atoms with Gasteiger partial charge in [-0.2, -0.15) is 0 Å². The van der Waals surface area contributed by atoms with Gasteiger partial charge in [-0.1, -0.05) is 29.0 Å². The number of benzene rings is 1. The van der Waals surface area contributed by atoms with Crippen LogP contribution in [0.2, 0.25) is 0 Å². The molecule has 0 amide bonds. The van der Waals surface area contributed by atoms with Crippen molar-refractivity contribution in [2.45, 2.75) is 12.2 Å². The second kappa shape index (κ2) is 4.55. The van der Waals surface area contributed by atoms with Crippen molar-refractivity contribution in [2.24, 2.45) is 7.05 Å². The first kappa shape index (κ1) is 11.6. The van der Waals surface area contributed by atoms with Gasteiger partial charge in [0.1, 0.15) is 0 Å². The Bertz CT molecular complexity index is 577. The minimum absolute atomic E-state index is 0.0627. The van der Waals surface area contributed by atoms with Crippen molar-refractivity contribution in [3.8, 4) is 0 Å². The van der Waals surface area contributed by atoms with Crippen molar-refractivity contribution in [3.63, 3.8) is 0 Å². The molecule has 0 aliphatic carbocycles. The van der Waals surface area contributed by atoms with Gasteiger partial charge >= 0.3 is 0 Å². The maximum atomic E-state index is 12.1. The zero-order chi connectivity index (χ0) is 11.7. The van der Waals surface area contributed by atoms with Crippen molar-refractivity contribution in [3.05, 3.63) is 46.2 Å². The van der Waals surface area contributed by atoms with Crippen molar-refractivity contribution in [2.75, 3.05) is 0 Å². The molecule has 1 unspecified atom stereocenters. The predicted octanol–water partition coefficient (Wildman–Crippen LogP) is 3.18. The normalized spacial score (nSPS) is 12.9. The molecule has 0 radical (unpaired) electrons. The van der Waals surface area contributed by atoms with E-state index in [1.54, 1.807) is 4.57 Å². The van der Waals surface area contributed by atoms with Crippen LogP contribution in [0.15, 0.2) is 35.1 Å². The first-order valence-corrected chi connectivity index (χ1v) is 6.97. The molecule has 0 spiro atoms. The summed E-state index contributed by atoms with van der Waals surface area (Å²) in [5, 5.41) is 1.19. The van der Waals surface area contributed by atoms with Crippen LogP contribution in [0.4, 0.5) is 0 Å². The lowest BCUT2D eigenvalue weighted by molar-refractivity contribution is 0.873. The van der Waals surface area contributed by atoms with Gasteiger partial charge in [-0.15, -0.1) is 11.7 Å². The Kier molecular flexibility index (Phi) is 3.30. The van der Waals surface area contributed by atoms with E-state index >= 15 is 0 Å². The third kappa shape index (κ3) is 1.87. The number of fused-ring (bicyclic) bond motifs is 1. The van der Waals surface area contributed by atoms with Crippen molar-refractivity contribution in [1.82, 2.24) is 4.57 Å². The van der Waals surface area contributed by atoms with Gasteiger partial charge in [-0.3, -0.25) is 4.79 Å². The third-order valence-electron chi connectivity index (χ3n) is 2.76. The molecule has 1 aromatic heterocycles. The van der Waals surface area contributed by atoms with E-state index in [1.165, 1.54) is 10.8 Å². The summed E-state index contributed by atoms with van der Waals surface area (Å²) in [6, 6.07) is 9.87. The Morgan fingerprint density at radius 2 is 2.06 bits per heavy atom. The first-order chi connectivity index (χ1) is 7.65. The zero-order valence-corrected chi connectivity index (χ0v) is 10.9. The monoisotopic (exact) mass is 251 g/mol. The van der Waals surface area contributed by atoms with Gasteiger partial charge in [-0.05, 0) is 24.4 Å². The molecule has 0 saturated carbocycles. The van der Waals surface area contributed by atoms with Gasteiger partial charge in [0, 0.05) is 17.9 Å². The molecular formula is C12H13NOS2. The molecule has 4 heteroatoms. The standard InChI is InChI=1S/C12H13NOS2/c1-8(16-15)10-7-9-5-3-4-6-11(9)13(2)12(10)14/h3-8,15H,1-2H3. The lowest BCUT2D eigenvalue weighted by Crippen LogP contribution is -2.21. The molecule has 0 fully saturated rings. The molecule has 0 bridgehead atoms. The van der Waals surface area contributed by atoms with E-state index in [1.807, 2.05) is 44.3 Å². The molecule has 0 aliphatic heterocycles. The van der Waals surface area contributed by atoms with E-state index in [4.69, 9.17) is 0 Å². The fourth-order valence-corrected chi connectivity index (χ4v) is 2.42. The average molecular weight is 251 g/mol. The molecule has 2 rings (SSSR count). The summed E-state index contributed by atoms with van der Waals surface area (Å²) in [6.45, 7) is 1.99. The fraction of sp³-hybridized carbons (Fsp3) is 0.250. The molecule has 0 saturated heterocycles. The van der Waals surface area contributed by atoms with E-state index in [9.17, 15) is 4.79 Å². The number of para-hydroxylation sites is 1. The number of aromatic nitrogens is 1. The van der Waals surface area contributed by atoms with Gasteiger partial charge in [-0.25, -0.2) is 0 Å². The van der Waals surface area contributed by atoms with Crippen LogP contribution in [0.25, 0.3) is 10.9 Å². The highest BCUT2D eigenvalue weighted by atomic mass is 33.1. The van der Waals surface area contributed by atoms with Gasteiger partial charge < -0.3 is 4.57 Å². The minimum Gasteiger partial charge on any atom is -0.311 e. The molecule has 1 atom stereocenters. The highest BCUT2D eigenvalue weighted by molar-refractivity contribution is 8.68. The largest absolute Gasteiger partial charge is 0.311 e. The predicted molar refractivity (Wildman–Crippen MR) is 74.2 cm³/mol. The summed E-state index contributed by atoms with van der Waals surface area (Å²) in [7, 11) is 3.20. The summed E-state index contributed by atoms with van der Waals surface area (Å²) < 4.78 is 1.70. The topological polar surface area (TPSA) is 22.0 Å². The average Bonchev–Trinajstić information content (AvgIpc) is 2.33. The molecule has 0 aliphatic rings. The van der Waals surface area contributed by atoms with Gasteiger partial charge in [0.15, 0.2) is 0 Å². The molecular weight excluding hydrogens is 238 g/mol. The quantitative estimate of drug-likeness (QED) is 0.654. The molecule has 2 aromatic rings. The van der Waals surface area contributed by atoms with E-state index in [0.29, 0.717) is 0 Å². The number of pyridine rings is 1. The number of rotatable bonds is 2. The number of thiol groups is 1. The third-order valence-corrected chi connectivity index (χ3v) is 4.28. The number of hydrogen-bond donors (Lipinski definition) is 1. The van der Waals surface area contributed by atoms with Crippen LogP contribution < -0.4 is 5.56 Å². The Balaban J connectivity index is 2.79. The van der Waals surface area contributed by atoms with Crippen LogP contribution in [0.1, 0.15) is 17.7 Å². The van der Waals surface area contributed by atoms with Crippen LogP contribution in [-0.4, -0.2) is 4.57 Å². The van der Waals surface area contributed by atoms with Gasteiger partial charge in [0.25, 0.3) is 5.56 Å². The van der Waals surface area contributed by atoms with Crippen LogP contribution in [0, 0.1) is 0 Å². The number of aryl methyl sites for hydroxylation is 1. The fourth-order valence-electron chi connectivity index (χ4n) is 1.80. The number of hydrogen-bond acceptors (Lipinski definition) is 3. The molecule has 2 nitrogen and oxygen atoms in total. The molecule has 0 N–H and O–H groups in total. The Morgan fingerprint density at radius 3 is 2.75 bits per heavy atom. The maximum absolute atomic E-state index is 12.1. The Hall–Kier alpha value is -0.870.